The van der Waals surface area contributed by atoms with Gasteiger partial charge in [0.05, 0.1) is 11.1 Å². The van der Waals surface area contributed by atoms with E-state index in [1.807, 2.05) is 10.7 Å². The number of aromatic nitrogens is 3. The fraction of sp³-hybridized carbons (Fsp3) is 0.600. The Kier molecular flexibility index (Phi) is 4.23. The summed E-state index contributed by atoms with van der Waals surface area (Å²) in [6.45, 7) is 11.4. The van der Waals surface area contributed by atoms with Gasteiger partial charge in [0.1, 0.15) is 5.52 Å². The molecule has 2 heterocycles. The highest BCUT2D eigenvalue weighted by Gasteiger charge is 2.19. The first kappa shape index (κ1) is 15.1. The summed E-state index contributed by atoms with van der Waals surface area (Å²) in [7, 11) is 0. The van der Waals surface area contributed by atoms with Crippen molar-refractivity contribution in [2.75, 3.05) is 11.9 Å². The van der Waals surface area contributed by atoms with Crippen molar-refractivity contribution in [1.29, 1.82) is 0 Å². The van der Waals surface area contributed by atoms with Gasteiger partial charge in [0, 0.05) is 24.4 Å². The van der Waals surface area contributed by atoms with Crippen molar-refractivity contribution in [1.82, 2.24) is 14.6 Å². The van der Waals surface area contributed by atoms with Gasteiger partial charge in [0.25, 0.3) is 0 Å². The summed E-state index contributed by atoms with van der Waals surface area (Å²) in [4.78, 5) is 4.40. The van der Waals surface area contributed by atoms with E-state index < -0.39 is 0 Å². The molecule has 110 valence electrons. The fourth-order valence-electron chi connectivity index (χ4n) is 1.85. The minimum Gasteiger partial charge on any atom is -0.367 e. The van der Waals surface area contributed by atoms with Gasteiger partial charge in [-0.2, -0.15) is 5.10 Å². The van der Waals surface area contributed by atoms with Gasteiger partial charge in [-0.1, -0.05) is 34.6 Å². The van der Waals surface area contributed by atoms with E-state index in [0.717, 1.165) is 17.0 Å². The molecule has 0 aliphatic heterocycles. The highest BCUT2D eigenvalue weighted by atomic mass is 35.5. The lowest BCUT2D eigenvalue weighted by Crippen LogP contribution is -2.20. The molecule has 0 radical (unpaired) electrons. The number of fused-ring (bicyclic) bond motifs is 1. The molecule has 5 heteroatoms. The third-order valence-corrected chi connectivity index (χ3v) is 4.00. The van der Waals surface area contributed by atoms with Crippen LogP contribution < -0.4 is 5.32 Å². The second-order valence-electron chi connectivity index (χ2n) is 6.53. The van der Waals surface area contributed by atoms with E-state index >= 15 is 0 Å². The van der Waals surface area contributed by atoms with E-state index in [1.54, 1.807) is 6.20 Å². The summed E-state index contributed by atoms with van der Waals surface area (Å²) >= 11 is 6.28. The van der Waals surface area contributed by atoms with Gasteiger partial charge >= 0.3 is 0 Å². The Morgan fingerprint density at radius 3 is 2.65 bits per heavy atom. The van der Waals surface area contributed by atoms with Crippen LogP contribution in [0.3, 0.4) is 0 Å². The summed E-state index contributed by atoms with van der Waals surface area (Å²) in [6, 6.07) is 2.09. The third-order valence-electron chi connectivity index (χ3n) is 3.35. The SMILES string of the molecule is CC(C)C(Cl)CNc1nccn2nc(C(C)(C)C)cc12. The molecule has 0 aliphatic rings. The van der Waals surface area contributed by atoms with Gasteiger partial charge in [-0.25, -0.2) is 9.50 Å². The van der Waals surface area contributed by atoms with Gasteiger partial charge < -0.3 is 5.32 Å². The van der Waals surface area contributed by atoms with Crippen LogP contribution in [0.25, 0.3) is 5.52 Å². The number of hydrogen-bond acceptors (Lipinski definition) is 3. The minimum absolute atomic E-state index is 0.0241. The highest BCUT2D eigenvalue weighted by Crippen LogP contribution is 2.24. The maximum absolute atomic E-state index is 6.28. The number of hydrogen-bond donors (Lipinski definition) is 1. The zero-order chi connectivity index (χ0) is 14.9. The van der Waals surface area contributed by atoms with Crippen LogP contribution >= 0.6 is 11.6 Å². The monoisotopic (exact) mass is 294 g/mol. The predicted molar refractivity (Wildman–Crippen MR) is 84.7 cm³/mol. The Morgan fingerprint density at radius 2 is 2.05 bits per heavy atom. The van der Waals surface area contributed by atoms with Crippen molar-refractivity contribution in [2.45, 2.75) is 45.4 Å². The van der Waals surface area contributed by atoms with Crippen LogP contribution in [-0.2, 0) is 5.41 Å². The first-order valence-corrected chi connectivity index (χ1v) is 7.45. The Labute approximate surface area is 125 Å². The molecule has 20 heavy (non-hydrogen) atoms. The fourth-order valence-corrected chi connectivity index (χ4v) is 1.93. The molecule has 0 amide bonds. The van der Waals surface area contributed by atoms with Gasteiger partial charge in [-0.15, -0.1) is 11.6 Å². The molecule has 0 aliphatic carbocycles. The Hall–Kier alpha value is -1.29. The van der Waals surface area contributed by atoms with E-state index in [0.29, 0.717) is 12.5 Å². The first-order valence-electron chi connectivity index (χ1n) is 7.02. The first-order chi connectivity index (χ1) is 9.29. The van der Waals surface area contributed by atoms with Crippen molar-refractivity contribution < 1.29 is 0 Å². The van der Waals surface area contributed by atoms with Crippen molar-refractivity contribution >= 4 is 22.9 Å². The van der Waals surface area contributed by atoms with Gasteiger partial charge in [0.15, 0.2) is 5.82 Å². The van der Waals surface area contributed by atoms with Crippen molar-refractivity contribution in [3.05, 3.63) is 24.2 Å². The topological polar surface area (TPSA) is 42.2 Å². The van der Waals surface area contributed by atoms with Crippen molar-refractivity contribution in [3.8, 4) is 0 Å². The van der Waals surface area contributed by atoms with Crippen molar-refractivity contribution in [2.24, 2.45) is 5.92 Å². The van der Waals surface area contributed by atoms with Crippen LogP contribution in [0.5, 0.6) is 0 Å². The quantitative estimate of drug-likeness (QED) is 0.874. The van der Waals surface area contributed by atoms with E-state index in [9.17, 15) is 0 Å². The molecule has 2 aromatic rings. The van der Waals surface area contributed by atoms with Crippen LogP contribution in [-0.4, -0.2) is 26.5 Å². The Bertz CT molecular complexity index is 583. The molecule has 0 aromatic carbocycles. The van der Waals surface area contributed by atoms with E-state index in [2.05, 4.69) is 56.1 Å². The normalized spacial score (nSPS) is 13.9. The molecule has 0 bridgehead atoms. The third kappa shape index (κ3) is 3.23. The molecule has 0 fully saturated rings. The number of halogens is 1. The van der Waals surface area contributed by atoms with E-state index in [1.165, 1.54) is 0 Å². The summed E-state index contributed by atoms with van der Waals surface area (Å²) in [5.74, 6) is 1.26. The average Bonchev–Trinajstić information content (AvgIpc) is 2.79. The number of nitrogens with one attached hydrogen (secondary N) is 1. The minimum atomic E-state index is 0.0241. The molecule has 0 saturated heterocycles. The maximum Gasteiger partial charge on any atom is 0.152 e. The van der Waals surface area contributed by atoms with Crippen LogP contribution in [0, 0.1) is 5.92 Å². The second-order valence-corrected chi connectivity index (χ2v) is 7.09. The van der Waals surface area contributed by atoms with Crippen molar-refractivity contribution in [3.63, 3.8) is 0 Å². The zero-order valence-corrected chi connectivity index (χ0v) is 13.6. The molecule has 2 rings (SSSR count). The molecule has 1 unspecified atom stereocenters. The lowest BCUT2D eigenvalue weighted by Gasteiger charge is -2.14. The van der Waals surface area contributed by atoms with Gasteiger partial charge in [-0.3, -0.25) is 0 Å². The number of anilines is 1. The van der Waals surface area contributed by atoms with Crippen LogP contribution in [0.4, 0.5) is 5.82 Å². The number of alkyl halides is 1. The van der Waals surface area contributed by atoms with Crippen LogP contribution in [0.1, 0.15) is 40.3 Å². The summed E-state index contributed by atoms with van der Waals surface area (Å²) in [6.07, 6.45) is 3.63. The lowest BCUT2D eigenvalue weighted by molar-refractivity contribution is 0.562. The smallest absolute Gasteiger partial charge is 0.152 e. The Morgan fingerprint density at radius 1 is 1.35 bits per heavy atom. The molecular formula is C15H23ClN4. The second kappa shape index (κ2) is 5.60. The van der Waals surface area contributed by atoms with E-state index in [4.69, 9.17) is 11.6 Å². The van der Waals surface area contributed by atoms with Gasteiger partial charge in [-0.05, 0) is 12.0 Å². The molecule has 4 nitrogen and oxygen atoms in total. The zero-order valence-electron chi connectivity index (χ0n) is 12.8. The molecular weight excluding hydrogens is 272 g/mol. The molecule has 0 saturated carbocycles. The Balaban J connectivity index is 2.28. The van der Waals surface area contributed by atoms with Gasteiger partial charge in [0.2, 0.25) is 0 Å². The largest absolute Gasteiger partial charge is 0.367 e. The standard InChI is InChI=1S/C15H23ClN4/c1-10(2)11(16)9-18-14-12-8-13(15(3,4)5)19-20(12)7-6-17-14/h6-8,10-11H,9H2,1-5H3,(H,17,18). The number of nitrogens with zero attached hydrogens (tertiary/aromatic N) is 3. The summed E-state index contributed by atoms with van der Waals surface area (Å²) in [5.41, 5.74) is 2.07. The summed E-state index contributed by atoms with van der Waals surface area (Å²) in [5, 5.41) is 8.03. The molecule has 0 spiro atoms. The molecule has 1 atom stereocenters. The van der Waals surface area contributed by atoms with E-state index in [-0.39, 0.29) is 10.8 Å². The predicted octanol–water partition coefficient (Wildman–Crippen LogP) is 3.70. The molecule has 2 aromatic heterocycles. The van der Waals surface area contributed by atoms with Crippen LogP contribution in [0.15, 0.2) is 18.5 Å². The maximum atomic E-state index is 6.28. The molecule has 1 N–H and O–H groups in total. The average molecular weight is 295 g/mol. The highest BCUT2D eigenvalue weighted by molar-refractivity contribution is 6.21. The van der Waals surface area contributed by atoms with Crippen LogP contribution in [0.2, 0.25) is 0 Å². The number of rotatable bonds is 4. The lowest BCUT2D eigenvalue weighted by atomic mass is 9.92. The summed E-state index contributed by atoms with van der Waals surface area (Å²) < 4.78 is 1.87.